The fourth-order valence-electron chi connectivity index (χ4n) is 1.94. The highest BCUT2D eigenvalue weighted by molar-refractivity contribution is 6.34. The van der Waals surface area contributed by atoms with Crippen LogP contribution in [-0.4, -0.2) is 20.0 Å². The second-order valence-corrected chi connectivity index (χ2v) is 5.67. The third-order valence-electron chi connectivity index (χ3n) is 2.89. The first-order valence-electron chi connectivity index (χ1n) is 6.42. The maximum atomic E-state index is 9.52. The molecule has 0 unspecified atom stereocenters. The van der Waals surface area contributed by atoms with Crippen molar-refractivity contribution in [3.05, 3.63) is 39.5 Å². The van der Waals surface area contributed by atoms with Crippen molar-refractivity contribution < 1.29 is 14.9 Å². The molecule has 114 valence electrons. The fourth-order valence-corrected chi connectivity index (χ4v) is 2.45. The molecule has 0 radical (unpaired) electrons. The zero-order chi connectivity index (χ0) is 15.6. The molecule has 1 aromatic heterocycles. The van der Waals surface area contributed by atoms with Crippen molar-refractivity contribution in [1.82, 2.24) is 9.78 Å². The largest absolute Gasteiger partial charge is 0.439 e. The molecular formula is C14H16Cl2N2O3. The van der Waals surface area contributed by atoms with Gasteiger partial charge >= 0.3 is 0 Å². The number of aliphatic hydroxyl groups is 2. The summed E-state index contributed by atoms with van der Waals surface area (Å²) in [7, 11) is 0. The van der Waals surface area contributed by atoms with E-state index in [1.807, 2.05) is 13.8 Å². The Morgan fingerprint density at radius 1 is 1.14 bits per heavy atom. The molecule has 5 nitrogen and oxygen atoms in total. The number of halogens is 2. The number of rotatable bonds is 5. The Bertz CT molecular complexity index is 621. The molecule has 2 rings (SSSR count). The van der Waals surface area contributed by atoms with Gasteiger partial charge in [-0.2, -0.15) is 5.10 Å². The lowest BCUT2D eigenvalue weighted by Gasteiger charge is -2.13. The van der Waals surface area contributed by atoms with E-state index in [1.54, 1.807) is 22.9 Å². The molecule has 0 aliphatic heterocycles. The van der Waals surface area contributed by atoms with Gasteiger partial charge < -0.3 is 14.9 Å². The third-order valence-corrected chi connectivity index (χ3v) is 3.33. The highest BCUT2D eigenvalue weighted by Crippen LogP contribution is 2.33. The number of ether oxygens (including phenoxy) is 1. The van der Waals surface area contributed by atoms with E-state index in [0.29, 0.717) is 32.9 Å². The highest BCUT2D eigenvalue weighted by atomic mass is 35.5. The molecule has 0 amide bonds. The van der Waals surface area contributed by atoms with Gasteiger partial charge in [-0.15, -0.1) is 0 Å². The SMILES string of the molecule is CC(C)n1nc(CO)c(CO)c1Oc1cc(Cl)cc(Cl)c1. The summed E-state index contributed by atoms with van der Waals surface area (Å²) < 4.78 is 7.40. The minimum Gasteiger partial charge on any atom is -0.439 e. The van der Waals surface area contributed by atoms with Crippen LogP contribution in [0, 0.1) is 0 Å². The van der Waals surface area contributed by atoms with Gasteiger partial charge in [-0.1, -0.05) is 23.2 Å². The molecule has 0 aliphatic carbocycles. The first-order chi connectivity index (χ1) is 9.96. The van der Waals surface area contributed by atoms with Crippen molar-refractivity contribution in [1.29, 1.82) is 0 Å². The zero-order valence-corrected chi connectivity index (χ0v) is 13.2. The molecule has 0 bridgehead atoms. The maximum Gasteiger partial charge on any atom is 0.223 e. The number of aliphatic hydroxyl groups excluding tert-OH is 2. The molecule has 0 saturated carbocycles. The summed E-state index contributed by atoms with van der Waals surface area (Å²) in [6.45, 7) is 3.29. The summed E-state index contributed by atoms with van der Waals surface area (Å²) in [6, 6.07) is 4.83. The van der Waals surface area contributed by atoms with E-state index in [-0.39, 0.29) is 19.3 Å². The first-order valence-corrected chi connectivity index (χ1v) is 7.17. The van der Waals surface area contributed by atoms with Gasteiger partial charge in [-0.25, -0.2) is 4.68 Å². The Labute approximate surface area is 132 Å². The van der Waals surface area contributed by atoms with Crippen molar-refractivity contribution in [3.63, 3.8) is 0 Å². The standard InChI is InChI=1S/C14H16Cl2N2O3/c1-8(2)18-14(12(6-19)13(7-20)17-18)21-11-4-9(15)3-10(16)5-11/h3-5,8,19-20H,6-7H2,1-2H3. The summed E-state index contributed by atoms with van der Waals surface area (Å²) in [4.78, 5) is 0. The van der Waals surface area contributed by atoms with Crippen LogP contribution in [0.25, 0.3) is 0 Å². The average molecular weight is 331 g/mol. The molecule has 2 aromatic rings. The van der Waals surface area contributed by atoms with Crippen LogP contribution in [0.1, 0.15) is 31.1 Å². The fraction of sp³-hybridized carbons (Fsp3) is 0.357. The van der Waals surface area contributed by atoms with Crippen LogP contribution < -0.4 is 4.74 Å². The van der Waals surface area contributed by atoms with E-state index >= 15 is 0 Å². The molecule has 7 heteroatoms. The van der Waals surface area contributed by atoms with Gasteiger partial charge in [0.1, 0.15) is 5.75 Å². The van der Waals surface area contributed by atoms with Gasteiger partial charge in [-0.05, 0) is 32.0 Å². The van der Waals surface area contributed by atoms with Crippen LogP contribution in [0.5, 0.6) is 11.6 Å². The second-order valence-electron chi connectivity index (χ2n) is 4.79. The summed E-state index contributed by atoms with van der Waals surface area (Å²) in [5, 5.41) is 24.0. The summed E-state index contributed by atoms with van der Waals surface area (Å²) >= 11 is 11.9. The van der Waals surface area contributed by atoms with Crippen molar-refractivity contribution >= 4 is 23.2 Å². The zero-order valence-electron chi connectivity index (χ0n) is 11.7. The molecule has 2 N–H and O–H groups in total. The van der Waals surface area contributed by atoms with Crippen molar-refractivity contribution in [2.75, 3.05) is 0 Å². The second kappa shape index (κ2) is 6.66. The van der Waals surface area contributed by atoms with Crippen LogP contribution in [0.4, 0.5) is 0 Å². The molecule has 0 atom stereocenters. The summed E-state index contributed by atoms with van der Waals surface area (Å²) in [6.07, 6.45) is 0. The minimum atomic E-state index is -0.285. The van der Waals surface area contributed by atoms with Crippen molar-refractivity contribution in [3.8, 4) is 11.6 Å². The van der Waals surface area contributed by atoms with Gasteiger partial charge in [0.05, 0.1) is 30.5 Å². The molecule has 0 aliphatic rings. The van der Waals surface area contributed by atoms with Gasteiger partial charge in [-0.3, -0.25) is 0 Å². The predicted molar refractivity (Wildman–Crippen MR) is 81.0 cm³/mol. The van der Waals surface area contributed by atoms with E-state index in [2.05, 4.69) is 5.10 Å². The Morgan fingerprint density at radius 2 is 1.76 bits per heavy atom. The molecule has 1 heterocycles. The Balaban J connectivity index is 2.48. The van der Waals surface area contributed by atoms with E-state index in [1.165, 1.54) is 0 Å². The minimum absolute atomic E-state index is 0.000237. The Morgan fingerprint density at radius 3 is 2.24 bits per heavy atom. The number of hydrogen-bond acceptors (Lipinski definition) is 4. The lowest BCUT2D eigenvalue weighted by atomic mass is 10.2. The number of benzene rings is 1. The summed E-state index contributed by atoms with van der Waals surface area (Å²) in [5.41, 5.74) is 0.830. The quantitative estimate of drug-likeness (QED) is 0.879. The van der Waals surface area contributed by atoms with E-state index in [0.717, 1.165) is 0 Å². The van der Waals surface area contributed by atoms with Crippen molar-refractivity contribution in [2.45, 2.75) is 33.1 Å². The molecule has 21 heavy (non-hydrogen) atoms. The number of nitrogens with zero attached hydrogens (tertiary/aromatic N) is 2. The predicted octanol–water partition coefficient (Wildman–Crippen LogP) is 3.55. The van der Waals surface area contributed by atoms with Crippen LogP contribution >= 0.6 is 23.2 Å². The Hall–Kier alpha value is -1.27. The van der Waals surface area contributed by atoms with E-state index < -0.39 is 0 Å². The van der Waals surface area contributed by atoms with Gasteiger partial charge in [0.2, 0.25) is 5.88 Å². The number of aromatic nitrogens is 2. The maximum absolute atomic E-state index is 9.52. The molecule has 0 saturated heterocycles. The van der Waals surface area contributed by atoms with Crippen LogP contribution in [-0.2, 0) is 13.2 Å². The molecule has 1 aromatic carbocycles. The van der Waals surface area contributed by atoms with Gasteiger partial charge in [0.15, 0.2) is 0 Å². The van der Waals surface area contributed by atoms with Crippen molar-refractivity contribution in [2.24, 2.45) is 0 Å². The Kier molecular flexibility index (Phi) is 5.11. The van der Waals surface area contributed by atoms with Crippen LogP contribution in [0.3, 0.4) is 0 Å². The lowest BCUT2D eigenvalue weighted by molar-refractivity contribution is 0.255. The lowest BCUT2D eigenvalue weighted by Crippen LogP contribution is -2.05. The molecule has 0 spiro atoms. The van der Waals surface area contributed by atoms with Crippen LogP contribution in [0.2, 0.25) is 10.0 Å². The monoisotopic (exact) mass is 330 g/mol. The molecular weight excluding hydrogens is 315 g/mol. The molecule has 0 fully saturated rings. The highest BCUT2D eigenvalue weighted by Gasteiger charge is 2.20. The van der Waals surface area contributed by atoms with Gasteiger partial charge in [0, 0.05) is 10.0 Å². The normalized spacial score (nSPS) is 11.2. The first kappa shape index (κ1) is 16.1. The topological polar surface area (TPSA) is 67.5 Å². The number of hydrogen-bond donors (Lipinski definition) is 2. The average Bonchev–Trinajstić information content (AvgIpc) is 2.75. The van der Waals surface area contributed by atoms with Gasteiger partial charge in [0.25, 0.3) is 0 Å². The smallest absolute Gasteiger partial charge is 0.223 e. The van der Waals surface area contributed by atoms with Crippen LogP contribution in [0.15, 0.2) is 18.2 Å². The van der Waals surface area contributed by atoms with E-state index in [9.17, 15) is 10.2 Å². The summed E-state index contributed by atoms with van der Waals surface area (Å²) in [5.74, 6) is 0.809. The van der Waals surface area contributed by atoms with E-state index in [4.69, 9.17) is 27.9 Å². The third kappa shape index (κ3) is 3.49.